The van der Waals surface area contributed by atoms with E-state index in [1.165, 1.54) is 16.7 Å². The molecule has 0 saturated carbocycles. The van der Waals surface area contributed by atoms with Crippen molar-refractivity contribution >= 4 is 34.9 Å². The second kappa shape index (κ2) is 6.45. The Morgan fingerprint density at radius 1 is 1.04 bits per heavy atom. The maximum absolute atomic E-state index is 12.3. The first kappa shape index (κ1) is 16.0. The number of imide groups is 1. The Bertz CT molecular complexity index is 914. The molecule has 0 unspecified atom stereocenters. The molecule has 4 rings (SSSR count). The van der Waals surface area contributed by atoms with Crippen molar-refractivity contribution in [3.63, 3.8) is 0 Å². The smallest absolute Gasteiger partial charge is 0.261 e. The van der Waals surface area contributed by atoms with Gasteiger partial charge in [0.25, 0.3) is 11.8 Å². The third kappa shape index (κ3) is 2.77. The van der Waals surface area contributed by atoms with E-state index in [2.05, 4.69) is 10.2 Å². The minimum atomic E-state index is -0.224. The van der Waals surface area contributed by atoms with Crippen LogP contribution in [0.2, 0.25) is 0 Å². The Balaban J connectivity index is 1.43. The van der Waals surface area contributed by atoms with Gasteiger partial charge in [0, 0.05) is 19.3 Å². The van der Waals surface area contributed by atoms with E-state index in [4.69, 9.17) is 0 Å². The molecule has 1 aliphatic rings. The Kier molecular flexibility index (Phi) is 4.14. The number of nitrogens with zero attached hydrogens (tertiary/aromatic N) is 4. The predicted octanol–water partition coefficient (Wildman–Crippen LogP) is 2.93. The van der Waals surface area contributed by atoms with Crippen LogP contribution in [0.1, 0.15) is 20.7 Å². The Morgan fingerprint density at radius 3 is 2.40 bits per heavy atom. The first-order valence-electron chi connectivity index (χ1n) is 7.68. The molecule has 0 saturated heterocycles. The fourth-order valence-corrected chi connectivity index (χ4v) is 4.31. The van der Waals surface area contributed by atoms with Gasteiger partial charge in [-0.2, -0.15) is 0 Å². The molecule has 3 heterocycles. The van der Waals surface area contributed by atoms with Crippen LogP contribution in [0.4, 0.5) is 0 Å². The molecule has 1 aliphatic heterocycles. The van der Waals surface area contributed by atoms with Crippen LogP contribution in [0.3, 0.4) is 0 Å². The van der Waals surface area contributed by atoms with E-state index >= 15 is 0 Å². The molecule has 126 valence electrons. The molecule has 0 aliphatic carbocycles. The van der Waals surface area contributed by atoms with Crippen molar-refractivity contribution < 1.29 is 9.59 Å². The predicted molar refractivity (Wildman–Crippen MR) is 96.8 cm³/mol. The summed E-state index contributed by atoms with van der Waals surface area (Å²) in [5.41, 5.74) is 0.965. The number of hydrogen-bond donors (Lipinski definition) is 0. The number of hydrogen-bond acceptors (Lipinski definition) is 6. The van der Waals surface area contributed by atoms with Crippen LogP contribution < -0.4 is 0 Å². The average molecular weight is 370 g/mol. The Morgan fingerprint density at radius 2 is 1.76 bits per heavy atom. The highest BCUT2D eigenvalue weighted by molar-refractivity contribution is 7.99. The molecule has 3 aromatic rings. The minimum Gasteiger partial charge on any atom is -0.304 e. The van der Waals surface area contributed by atoms with E-state index in [0.29, 0.717) is 23.4 Å². The van der Waals surface area contributed by atoms with Crippen LogP contribution in [0, 0.1) is 0 Å². The minimum absolute atomic E-state index is 0.224. The summed E-state index contributed by atoms with van der Waals surface area (Å²) >= 11 is 3.09. The molecule has 0 radical (unpaired) electrons. The molecule has 0 bridgehead atoms. The van der Waals surface area contributed by atoms with Gasteiger partial charge in [0.05, 0.1) is 16.0 Å². The van der Waals surface area contributed by atoms with Crippen LogP contribution in [0.25, 0.3) is 10.7 Å². The molecule has 0 atom stereocenters. The van der Waals surface area contributed by atoms with Crippen molar-refractivity contribution in [2.45, 2.75) is 5.16 Å². The van der Waals surface area contributed by atoms with Gasteiger partial charge in [-0.3, -0.25) is 14.5 Å². The third-order valence-corrected chi connectivity index (χ3v) is 5.87. The van der Waals surface area contributed by atoms with Crippen molar-refractivity contribution in [3.8, 4) is 10.7 Å². The van der Waals surface area contributed by atoms with Crippen LogP contribution in [0.5, 0.6) is 0 Å². The summed E-state index contributed by atoms with van der Waals surface area (Å²) in [6, 6.07) is 10.9. The van der Waals surface area contributed by atoms with Crippen LogP contribution in [-0.4, -0.2) is 43.8 Å². The zero-order valence-electron chi connectivity index (χ0n) is 13.4. The van der Waals surface area contributed by atoms with E-state index in [-0.39, 0.29) is 11.8 Å². The lowest BCUT2D eigenvalue weighted by Crippen LogP contribution is -2.31. The number of fused-ring (bicyclic) bond motifs is 1. The summed E-state index contributed by atoms with van der Waals surface area (Å²) in [6.45, 7) is 0.345. The Labute approximate surface area is 152 Å². The van der Waals surface area contributed by atoms with Gasteiger partial charge in [0.15, 0.2) is 11.0 Å². The monoisotopic (exact) mass is 370 g/mol. The number of aromatic nitrogens is 3. The first-order chi connectivity index (χ1) is 12.2. The molecule has 8 heteroatoms. The molecule has 2 amide bonds. The third-order valence-electron chi connectivity index (χ3n) is 4.00. The van der Waals surface area contributed by atoms with Gasteiger partial charge < -0.3 is 4.57 Å². The van der Waals surface area contributed by atoms with E-state index in [9.17, 15) is 9.59 Å². The quantitative estimate of drug-likeness (QED) is 0.510. The maximum atomic E-state index is 12.3. The first-order valence-corrected chi connectivity index (χ1v) is 9.54. The lowest BCUT2D eigenvalue weighted by atomic mass is 10.1. The molecule has 0 N–H and O–H groups in total. The molecular formula is C17H14N4O2S2. The van der Waals surface area contributed by atoms with Crippen molar-refractivity contribution in [2.24, 2.45) is 7.05 Å². The van der Waals surface area contributed by atoms with Crippen molar-refractivity contribution in [2.75, 3.05) is 12.3 Å². The van der Waals surface area contributed by atoms with Crippen molar-refractivity contribution in [3.05, 3.63) is 52.9 Å². The number of thioether (sulfide) groups is 1. The van der Waals surface area contributed by atoms with Crippen LogP contribution in [-0.2, 0) is 7.05 Å². The van der Waals surface area contributed by atoms with E-state index in [1.807, 2.05) is 29.1 Å². The number of amides is 2. The highest BCUT2D eigenvalue weighted by Gasteiger charge is 2.34. The molecule has 25 heavy (non-hydrogen) atoms. The topological polar surface area (TPSA) is 68.1 Å². The second-order valence-corrected chi connectivity index (χ2v) is 7.51. The average Bonchev–Trinajstić information content (AvgIpc) is 3.32. The van der Waals surface area contributed by atoms with E-state index in [0.717, 1.165) is 15.9 Å². The zero-order valence-corrected chi connectivity index (χ0v) is 15.0. The van der Waals surface area contributed by atoms with Crippen molar-refractivity contribution in [1.82, 2.24) is 19.7 Å². The van der Waals surface area contributed by atoms with Gasteiger partial charge in [-0.05, 0) is 23.6 Å². The zero-order chi connectivity index (χ0) is 17.4. The fourth-order valence-electron chi connectivity index (χ4n) is 2.73. The van der Waals surface area contributed by atoms with E-state index in [1.54, 1.807) is 35.6 Å². The van der Waals surface area contributed by atoms with Crippen LogP contribution in [0.15, 0.2) is 46.9 Å². The van der Waals surface area contributed by atoms with Gasteiger partial charge in [-0.25, -0.2) is 0 Å². The highest BCUT2D eigenvalue weighted by Crippen LogP contribution is 2.27. The van der Waals surface area contributed by atoms with Crippen molar-refractivity contribution in [1.29, 1.82) is 0 Å². The highest BCUT2D eigenvalue weighted by atomic mass is 32.2. The summed E-state index contributed by atoms with van der Waals surface area (Å²) in [6.07, 6.45) is 0. The number of thiophene rings is 1. The fraction of sp³-hybridized carbons (Fsp3) is 0.176. The molecule has 1 aromatic carbocycles. The molecule has 0 spiro atoms. The number of rotatable bonds is 5. The lowest BCUT2D eigenvalue weighted by molar-refractivity contribution is 0.0664. The number of benzene rings is 1. The van der Waals surface area contributed by atoms with Gasteiger partial charge in [0.1, 0.15) is 0 Å². The number of carbonyl (C=O) groups excluding carboxylic acids is 2. The summed E-state index contributed by atoms with van der Waals surface area (Å²) in [5, 5.41) is 11.2. The van der Waals surface area contributed by atoms with Gasteiger partial charge in [-0.15, -0.1) is 21.5 Å². The standard InChI is InChI=1S/C17H14N4O2S2/c1-20-14(13-7-4-9-24-13)18-19-17(20)25-10-8-21-15(22)11-5-2-3-6-12(11)16(21)23/h2-7,9H,8,10H2,1H3. The van der Waals surface area contributed by atoms with Gasteiger partial charge in [0.2, 0.25) is 0 Å². The molecule has 2 aromatic heterocycles. The maximum Gasteiger partial charge on any atom is 0.261 e. The van der Waals surface area contributed by atoms with Crippen LogP contribution >= 0.6 is 23.1 Å². The molecular weight excluding hydrogens is 356 g/mol. The summed E-state index contributed by atoms with van der Waals surface area (Å²) in [4.78, 5) is 27.0. The summed E-state index contributed by atoms with van der Waals surface area (Å²) in [7, 11) is 1.92. The Hall–Kier alpha value is -2.45. The number of carbonyl (C=O) groups is 2. The normalized spacial score (nSPS) is 13.6. The lowest BCUT2D eigenvalue weighted by Gasteiger charge is -2.12. The van der Waals surface area contributed by atoms with Gasteiger partial charge >= 0.3 is 0 Å². The molecule has 6 nitrogen and oxygen atoms in total. The second-order valence-electron chi connectivity index (χ2n) is 5.50. The SMILES string of the molecule is Cn1c(SCCN2C(=O)c3ccccc3C2=O)nnc1-c1cccs1. The van der Waals surface area contributed by atoms with Gasteiger partial charge in [-0.1, -0.05) is 30.0 Å². The summed E-state index contributed by atoms with van der Waals surface area (Å²) in [5.74, 6) is 0.942. The molecule has 0 fully saturated rings. The summed E-state index contributed by atoms with van der Waals surface area (Å²) < 4.78 is 1.93. The van der Waals surface area contributed by atoms with E-state index < -0.39 is 0 Å². The largest absolute Gasteiger partial charge is 0.304 e.